The van der Waals surface area contributed by atoms with Gasteiger partial charge in [0.1, 0.15) is 0 Å². The molecule has 4 aromatic rings. The molecule has 0 aliphatic carbocycles. The molecular formula is C26H26Mg2O6P2. The first-order valence-corrected chi connectivity index (χ1v) is 14.3. The fourth-order valence-electron chi connectivity index (χ4n) is 4.31. The number of fused-ring (bicyclic) bond motifs is 2. The van der Waals surface area contributed by atoms with Gasteiger partial charge in [-0.3, -0.25) is 0 Å². The van der Waals surface area contributed by atoms with Crippen LogP contribution in [0.1, 0.15) is 49.1 Å². The molecule has 0 amide bonds. The quantitative estimate of drug-likeness (QED) is 0.269. The molecule has 36 heavy (non-hydrogen) atoms. The van der Waals surface area contributed by atoms with Crippen molar-refractivity contribution < 1.29 is 28.7 Å². The predicted octanol–water partition coefficient (Wildman–Crippen LogP) is 3.65. The maximum Gasteiger partial charge on any atom is 2.00 e. The summed E-state index contributed by atoms with van der Waals surface area (Å²) < 4.78 is 22.6. The van der Waals surface area contributed by atoms with Crippen LogP contribution in [-0.2, 0) is 9.13 Å². The number of hydrogen-bond donors (Lipinski definition) is 0. The average Bonchev–Trinajstić information content (AvgIpc) is 2.79. The number of hydrogen-bond acceptors (Lipinski definition) is 6. The Labute approximate surface area is 244 Å². The van der Waals surface area contributed by atoms with E-state index in [4.69, 9.17) is 0 Å². The zero-order valence-corrected chi connectivity index (χ0v) is 25.0. The smallest absolute Gasteiger partial charge is 0.810 e. The zero-order chi connectivity index (χ0) is 24.9. The van der Waals surface area contributed by atoms with Crippen LogP contribution in [0, 0.1) is 0 Å². The monoisotopic (exact) mass is 544 g/mol. The van der Waals surface area contributed by atoms with Crippen LogP contribution in [0.5, 0.6) is 0 Å². The van der Waals surface area contributed by atoms with E-state index in [0.717, 1.165) is 21.5 Å². The van der Waals surface area contributed by atoms with Gasteiger partial charge in [0, 0.05) is 11.3 Å². The molecule has 6 nitrogen and oxygen atoms in total. The Morgan fingerprint density at radius 2 is 0.861 bits per heavy atom. The summed E-state index contributed by atoms with van der Waals surface area (Å²) in [7, 11) is -9.20. The van der Waals surface area contributed by atoms with Crippen molar-refractivity contribution in [2.75, 3.05) is 0 Å². The molecule has 4 rings (SSSR count). The van der Waals surface area contributed by atoms with E-state index in [2.05, 4.69) is 0 Å². The Morgan fingerprint density at radius 1 is 0.556 bits per heavy atom. The predicted molar refractivity (Wildman–Crippen MR) is 141 cm³/mol. The Hall–Kier alpha value is -0.768. The summed E-state index contributed by atoms with van der Waals surface area (Å²) in [6, 6.07) is 25.8. The van der Waals surface area contributed by atoms with Crippen molar-refractivity contribution in [3.63, 3.8) is 0 Å². The van der Waals surface area contributed by atoms with E-state index in [0.29, 0.717) is 24.0 Å². The molecule has 180 valence electrons. The molecule has 0 aromatic heterocycles. The number of benzene rings is 4. The topological polar surface area (TPSA) is 126 Å². The first-order chi connectivity index (χ1) is 16.1. The zero-order valence-electron chi connectivity index (χ0n) is 20.4. The summed E-state index contributed by atoms with van der Waals surface area (Å²) in [6.07, 6.45) is 0.608. The molecule has 0 spiro atoms. The van der Waals surface area contributed by atoms with Gasteiger partial charge in [0.15, 0.2) is 0 Å². The van der Waals surface area contributed by atoms with Gasteiger partial charge in [0.2, 0.25) is 0 Å². The standard InChI is InChI=1S/2C13H15O3P.2Mg/c2*1-2-13(17(14,15)16)12-9-5-7-10-6-3-4-8-11(10)12;;/h2*3-9,13H,2H2,1H3,(H2,14,15,16);;/q;;2*+2/p-4. The molecule has 0 heterocycles. The maximum atomic E-state index is 11.3. The van der Waals surface area contributed by atoms with E-state index in [1.807, 2.05) is 60.7 Å². The van der Waals surface area contributed by atoms with E-state index in [1.165, 1.54) is 0 Å². The van der Waals surface area contributed by atoms with Crippen molar-refractivity contribution in [2.45, 2.75) is 38.0 Å². The largest absolute Gasteiger partial charge is 2.00 e. The molecule has 2 atom stereocenters. The van der Waals surface area contributed by atoms with Crippen LogP contribution >= 0.6 is 15.2 Å². The minimum Gasteiger partial charge on any atom is -0.810 e. The van der Waals surface area contributed by atoms with Crippen LogP contribution < -0.4 is 19.6 Å². The van der Waals surface area contributed by atoms with E-state index in [9.17, 15) is 28.7 Å². The molecule has 0 bridgehead atoms. The van der Waals surface area contributed by atoms with Crippen LogP contribution in [0.2, 0.25) is 0 Å². The van der Waals surface area contributed by atoms with E-state index in [-0.39, 0.29) is 46.1 Å². The van der Waals surface area contributed by atoms with Crippen molar-refractivity contribution in [3.05, 3.63) is 96.1 Å². The van der Waals surface area contributed by atoms with E-state index in [1.54, 1.807) is 38.1 Å². The first kappa shape index (κ1) is 33.3. The van der Waals surface area contributed by atoms with Gasteiger partial charge in [-0.1, -0.05) is 114 Å². The van der Waals surface area contributed by atoms with Crippen molar-refractivity contribution in [2.24, 2.45) is 0 Å². The average molecular weight is 545 g/mol. The summed E-state index contributed by atoms with van der Waals surface area (Å²) >= 11 is 0. The second-order valence-electron chi connectivity index (χ2n) is 8.06. The molecule has 2 unspecified atom stereocenters. The molecule has 0 fully saturated rings. The third-order valence-electron chi connectivity index (χ3n) is 5.90. The Morgan fingerprint density at radius 3 is 1.17 bits per heavy atom. The molecule has 0 saturated carbocycles. The molecule has 0 radical (unpaired) electrons. The molecular weight excluding hydrogens is 519 g/mol. The fourth-order valence-corrected chi connectivity index (χ4v) is 6.34. The molecule has 0 saturated heterocycles. The van der Waals surface area contributed by atoms with Gasteiger partial charge in [0.25, 0.3) is 0 Å². The second kappa shape index (κ2) is 14.4. The summed E-state index contributed by atoms with van der Waals surface area (Å²) in [4.78, 5) is 45.1. The van der Waals surface area contributed by atoms with Crippen LogP contribution in [0.25, 0.3) is 21.5 Å². The summed E-state index contributed by atoms with van der Waals surface area (Å²) in [5, 5.41) is 3.59. The van der Waals surface area contributed by atoms with E-state index < -0.39 is 26.5 Å². The van der Waals surface area contributed by atoms with Gasteiger partial charge in [-0.05, 0) is 45.5 Å². The van der Waals surface area contributed by atoms with Crippen molar-refractivity contribution >= 4 is 82.8 Å². The third-order valence-corrected chi connectivity index (χ3v) is 8.72. The summed E-state index contributed by atoms with van der Waals surface area (Å²) in [5.41, 5.74) is -0.653. The minimum atomic E-state index is -4.60. The fraction of sp³-hybridized carbons (Fsp3) is 0.231. The van der Waals surface area contributed by atoms with Crippen molar-refractivity contribution in [1.29, 1.82) is 0 Å². The molecule has 0 aliphatic heterocycles. The maximum absolute atomic E-state index is 11.3. The Bertz CT molecular complexity index is 1250. The van der Waals surface area contributed by atoms with Gasteiger partial charge < -0.3 is 28.7 Å². The van der Waals surface area contributed by atoms with Crippen LogP contribution in [-0.4, -0.2) is 46.1 Å². The Balaban J connectivity index is 0.000000341. The Kier molecular flexibility index (Phi) is 13.3. The van der Waals surface area contributed by atoms with Gasteiger partial charge in [-0.2, -0.15) is 0 Å². The normalized spacial score (nSPS) is 13.1. The van der Waals surface area contributed by atoms with Gasteiger partial charge in [-0.15, -0.1) is 0 Å². The van der Waals surface area contributed by atoms with Gasteiger partial charge in [0.05, 0.1) is 0 Å². The number of rotatable bonds is 6. The van der Waals surface area contributed by atoms with Crippen LogP contribution in [0.15, 0.2) is 84.9 Å². The molecule has 10 heteroatoms. The van der Waals surface area contributed by atoms with Gasteiger partial charge in [-0.25, -0.2) is 0 Å². The summed E-state index contributed by atoms with van der Waals surface area (Å²) in [6.45, 7) is 3.43. The van der Waals surface area contributed by atoms with E-state index >= 15 is 0 Å². The second-order valence-corrected chi connectivity index (χ2v) is 11.5. The summed E-state index contributed by atoms with van der Waals surface area (Å²) in [5.74, 6) is 0. The molecule has 0 N–H and O–H groups in total. The molecule has 0 aliphatic rings. The first-order valence-electron chi connectivity index (χ1n) is 11.1. The van der Waals surface area contributed by atoms with Crippen molar-refractivity contribution in [3.8, 4) is 0 Å². The molecule has 4 aromatic carbocycles. The van der Waals surface area contributed by atoms with Gasteiger partial charge >= 0.3 is 46.1 Å². The van der Waals surface area contributed by atoms with Crippen molar-refractivity contribution in [1.82, 2.24) is 0 Å². The van der Waals surface area contributed by atoms with Crippen LogP contribution in [0.3, 0.4) is 0 Å². The SMILES string of the molecule is CCC(c1cccc2ccccc12)P(=O)([O-])[O-].CCC(c1cccc2ccccc12)P(=O)([O-])[O-].[Mg+2].[Mg+2]. The third kappa shape index (κ3) is 8.11. The van der Waals surface area contributed by atoms with Crippen LogP contribution in [0.4, 0.5) is 0 Å². The minimum absolute atomic E-state index is 0.